The number of methoxy groups -OCH3 is 1. The van der Waals surface area contributed by atoms with Gasteiger partial charge in [0.2, 0.25) is 0 Å². The third-order valence-electron chi connectivity index (χ3n) is 3.35. The lowest BCUT2D eigenvalue weighted by molar-refractivity contribution is -0.140. The molecule has 0 atom stereocenters. The van der Waals surface area contributed by atoms with E-state index in [-0.39, 0.29) is 29.1 Å². The smallest absolute Gasteiger partial charge is 0.434 e. The molecule has 0 aliphatic rings. The molecular formula is C15H15ClF4N2O. The largest absolute Gasteiger partial charge is 0.493 e. The van der Waals surface area contributed by atoms with Gasteiger partial charge in [-0.05, 0) is 19.9 Å². The van der Waals surface area contributed by atoms with E-state index >= 15 is 0 Å². The lowest BCUT2D eigenvalue weighted by Crippen LogP contribution is -2.05. The van der Waals surface area contributed by atoms with Crippen molar-refractivity contribution >= 4 is 11.6 Å². The van der Waals surface area contributed by atoms with E-state index in [2.05, 4.69) is 4.98 Å². The molecule has 0 bridgehead atoms. The molecule has 0 aliphatic heterocycles. The Morgan fingerprint density at radius 3 is 2.43 bits per heavy atom. The van der Waals surface area contributed by atoms with Gasteiger partial charge < -0.3 is 9.30 Å². The first-order valence-electron chi connectivity index (χ1n) is 6.78. The van der Waals surface area contributed by atoms with Gasteiger partial charge in [0.05, 0.1) is 18.6 Å². The van der Waals surface area contributed by atoms with E-state index in [9.17, 15) is 17.6 Å². The molecule has 1 aromatic carbocycles. The van der Waals surface area contributed by atoms with Crippen LogP contribution in [0.5, 0.6) is 5.75 Å². The predicted octanol–water partition coefficient (Wildman–Crippen LogP) is 5.04. The van der Waals surface area contributed by atoms with Crippen LogP contribution in [0.3, 0.4) is 0 Å². The summed E-state index contributed by atoms with van der Waals surface area (Å²) in [5.74, 6) is -0.965. The zero-order valence-electron chi connectivity index (χ0n) is 12.7. The molecule has 3 nitrogen and oxygen atoms in total. The van der Waals surface area contributed by atoms with Gasteiger partial charge in [0.1, 0.15) is 5.82 Å². The number of hydrogen-bond acceptors (Lipinski definition) is 2. The summed E-state index contributed by atoms with van der Waals surface area (Å²) < 4.78 is 59.6. The van der Waals surface area contributed by atoms with Crippen molar-refractivity contribution < 1.29 is 22.3 Å². The van der Waals surface area contributed by atoms with Crippen LogP contribution in [0.4, 0.5) is 17.6 Å². The molecular weight excluding hydrogens is 336 g/mol. The van der Waals surface area contributed by atoms with Gasteiger partial charge in [-0.15, -0.1) is 11.6 Å². The Morgan fingerprint density at radius 1 is 1.30 bits per heavy atom. The molecule has 2 rings (SSSR count). The van der Waals surface area contributed by atoms with Crippen LogP contribution in [-0.2, 0) is 12.1 Å². The zero-order chi connectivity index (χ0) is 17.4. The second kappa shape index (κ2) is 6.39. The molecule has 1 aromatic heterocycles. The summed E-state index contributed by atoms with van der Waals surface area (Å²) in [5, 5.41) is 0. The maximum absolute atomic E-state index is 14.6. The number of halogens is 5. The van der Waals surface area contributed by atoms with Crippen LogP contribution < -0.4 is 4.74 Å². The Kier molecular flexibility index (Phi) is 4.89. The summed E-state index contributed by atoms with van der Waals surface area (Å²) in [6.07, 6.45) is -3.73. The first-order valence-corrected chi connectivity index (χ1v) is 7.31. The molecule has 0 fully saturated rings. The second-order valence-electron chi connectivity index (χ2n) is 5.20. The number of ether oxygens (including phenoxy) is 1. The van der Waals surface area contributed by atoms with E-state index in [4.69, 9.17) is 16.3 Å². The summed E-state index contributed by atoms with van der Waals surface area (Å²) in [5.41, 5.74) is -0.727. The Morgan fingerprint density at radius 2 is 1.96 bits per heavy atom. The molecule has 1 heterocycles. The molecule has 0 aliphatic carbocycles. The molecule has 0 spiro atoms. The fourth-order valence-corrected chi connectivity index (χ4v) is 2.43. The average Bonchev–Trinajstić information content (AvgIpc) is 2.92. The molecule has 126 valence electrons. The summed E-state index contributed by atoms with van der Waals surface area (Å²) in [6, 6.07) is 2.54. The van der Waals surface area contributed by atoms with E-state index in [0.29, 0.717) is 5.56 Å². The van der Waals surface area contributed by atoms with Crippen LogP contribution in [0, 0.1) is 5.82 Å². The van der Waals surface area contributed by atoms with Crippen molar-refractivity contribution in [2.45, 2.75) is 31.9 Å². The minimum absolute atomic E-state index is 0.0206. The van der Waals surface area contributed by atoms with Gasteiger partial charge in [0.25, 0.3) is 0 Å². The van der Waals surface area contributed by atoms with Gasteiger partial charge in [-0.2, -0.15) is 13.2 Å². The molecule has 0 N–H and O–H groups in total. The molecule has 23 heavy (non-hydrogen) atoms. The highest BCUT2D eigenvalue weighted by Gasteiger charge is 2.35. The summed E-state index contributed by atoms with van der Waals surface area (Å²) in [4.78, 5) is 3.57. The summed E-state index contributed by atoms with van der Waals surface area (Å²) in [7, 11) is 1.27. The highest BCUT2D eigenvalue weighted by molar-refractivity contribution is 6.17. The molecule has 2 aromatic rings. The van der Waals surface area contributed by atoms with Crippen molar-refractivity contribution in [3.63, 3.8) is 0 Å². The van der Waals surface area contributed by atoms with Crippen LogP contribution in [0.2, 0.25) is 0 Å². The third kappa shape index (κ3) is 3.29. The lowest BCUT2D eigenvalue weighted by atomic mass is 10.1. The summed E-state index contributed by atoms with van der Waals surface area (Å²) in [6.45, 7) is 3.38. The van der Waals surface area contributed by atoms with Crippen LogP contribution in [0.1, 0.15) is 31.1 Å². The first-order chi connectivity index (χ1) is 10.7. The zero-order valence-corrected chi connectivity index (χ0v) is 13.5. The summed E-state index contributed by atoms with van der Waals surface area (Å²) >= 11 is 5.71. The van der Waals surface area contributed by atoms with Gasteiger partial charge in [-0.3, -0.25) is 0 Å². The van der Waals surface area contributed by atoms with Crippen molar-refractivity contribution in [3.05, 3.63) is 35.4 Å². The van der Waals surface area contributed by atoms with Gasteiger partial charge in [0, 0.05) is 17.8 Å². The van der Waals surface area contributed by atoms with Crippen LogP contribution >= 0.6 is 11.6 Å². The third-order valence-corrected chi connectivity index (χ3v) is 3.63. The van der Waals surface area contributed by atoms with Gasteiger partial charge in [-0.1, -0.05) is 6.07 Å². The minimum Gasteiger partial charge on any atom is -0.493 e. The molecule has 0 saturated heterocycles. The second-order valence-corrected chi connectivity index (χ2v) is 5.47. The molecule has 0 amide bonds. The van der Waals surface area contributed by atoms with E-state index in [1.165, 1.54) is 23.8 Å². The van der Waals surface area contributed by atoms with Crippen LogP contribution in [0.15, 0.2) is 18.3 Å². The molecule has 0 radical (unpaired) electrons. The fraction of sp³-hybridized carbons (Fsp3) is 0.400. The quantitative estimate of drug-likeness (QED) is 0.571. The Bertz CT molecular complexity index is 710. The Labute approximate surface area is 135 Å². The van der Waals surface area contributed by atoms with Gasteiger partial charge >= 0.3 is 6.18 Å². The lowest BCUT2D eigenvalue weighted by Gasteiger charge is -2.14. The van der Waals surface area contributed by atoms with E-state index in [1.54, 1.807) is 13.8 Å². The highest BCUT2D eigenvalue weighted by atomic mass is 35.5. The maximum atomic E-state index is 14.6. The van der Waals surface area contributed by atoms with Crippen molar-refractivity contribution in [1.29, 1.82) is 0 Å². The number of alkyl halides is 4. The predicted molar refractivity (Wildman–Crippen MR) is 79.1 cm³/mol. The van der Waals surface area contributed by atoms with Crippen molar-refractivity contribution in [1.82, 2.24) is 9.55 Å². The molecule has 0 saturated carbocycles. The average molecular weight is 351 g/mol. The van der Waals surface area contributed by atoms with E-state index in [0.717, 1.165) is 6.20 Å². The maximum Gasteiger partial charge on any atom is 0.434 e. The van der Waals surface area contributed by atoms with Crippen LogP contribution in [0.25, 0.3) is 11.4 Å². The van der Waals surface area contributed by atoms with Crippen molar-refractivity contribution in [2.75, 3.05) is 7.11 Å². The van der Waals surface area contributed by atoms with Crippen molar-refractivity contribution in [2.24, 2.45) is 0 Å². The number of hydrogen-bond donors (Lipinski definition) is 0. The standard InChI is InChI=1S/C15H15ClF4N2O/c1-8(2)22-7-11(15(18,19)20)21-14(22)10-5-4-9(6-16)13(23-3)12(10)17/h4-5,7-8H,6H2,1-3H3. The van der Waals surface area contributed by atoms with Gasteiger partial charge in [-0.25, -0.2) is 9.37 Å². The first kappa shape index (κ1) is 17.6. The van der Waals surface area contributed by atoms with Crippen LogP contribution in [-0.4, -0.2) is 16.7 Å². The van der Waals surface area contributed by atoms with Crippen molar-refractivity contribution in [3.8, 4) is 17.1 Å². The number of rotatable bonds is 4. The Balaban J connectivity index is 2.69. The minimum atomic E-state index is -4.61. The number of nitrogens with zero attached hydrogens (tertiary/aromatic N) is 2. The Hall–Kier alpha value is -1.76. The normalized spacial score (nSPS) is 12.0. The molecule has 0 unspecified atom stereocenters. The number of imidazole rings is 1. The van der Waals surface area contributed by atoms with E-state index < -0.39 is 17.7 Å². The highest BCUT2D eigenvalue weighted by Crippen LogP contribution is 2.36. The number of benzene rings is 1. The van der Waals surface area contributed by atoms with E-state index in [1.807, 2.05) is 0 Å². The SMILES string of the molecule is COc1c(CCl)ccc(-c2nc(C(F)(F)F)cn2C(C)C)c1F. The van der Waals surface area contributed by atoms with Gasteiger partial charge in [0.15, 0.2) is 17.3 Å². The topological polar surface area (TPSA) is 27.1 Å². The fourth-order valence-electron chi connectivity index (χ4n) is 2.22. The monoisotopic (exact) mass is 350 g/mol. The molecule has 8 heteroatoms. The number of aromatic nitrogens is 2.